The lowest BCUT2D eigenvalue weighted by Crippen LogP contribution is -2.02. The van der Waals surface area contributed by atoms with Crippen LogP contribution in [0.5, 0.6) is 0 Å². The van der Waals surface area contributed by atoms with Gasteiger partial charge in [-0.05, 0) is 30.7 Å². The van der Waals surface area contributed by atoms with Crippen molar-refractivity contribution < 1.29 is 0 Å². The molecule has 0 atom stereocenters. The number of aromatic nitrogens is 1. The fourth-order valence-corrected chi connectivity index (χ4v) is 1.42. The molecular weight excluding hydrogens is 196 g/mol. The largest absolute Gasteiger partial charge is 0.330 e. The van der Waals surface area contributed by atoms with Crippen LogP contribution in [0, 0.1) is 0 Å². The highest BCUT2D eigenvalue weighted by atomic mass is 35.5. The SMILES string of the molecule is Cl.NCCc1cnc2ccccc2c1. The number of rotatable bonds is 2. The Morgan fingerprint density at radius 3 is 2.79 bits per heavy atom. The number of hydrogen-bond donors (Lipinski definition) is 1. The van der Waals surface area contributed by atoms with Crippen LogP contribution in [-0.4, -0.2) is 11.5 Å². The van der Waals surface area contributed by atoms with Gasteiger partial charge in [0.05, 0.1) is 5.52 Å². The Morgan fingerprint density at radius 2 is 2.00 bits per heavy atom. The van der Waals surface area contributed by atoms with E-state index in [1.165, 1.54) is 10.9 Å². The fraction of sp³-hybridized carbons (Fsp3) is 0.182. The van der Waals surface area contributed by atoms with E-state index >= 15 is 0 Å². The molecule has 1 aromatic carbocycles. The van der Waals surface area contributed by atoms with Crippen LogP contribution in [0.2, 0.25) is 0 Å². The highest BCUT2D eigenvalue weighted by Gasteiger charge is 1.95. The average molecular weight is 209 g/mol. The standard InChI is InChI=1S/C11H12N2.ClH/c12-6-5-9-7-10-3-1-2-4-11(10)13-8-9;/h1-4,7-8H,5-6,12H2;1H. The van der Waals surface area contributed by atoms with Crippen LogP contribution in [-0.2, 0) is 6.42 Å². The topological polar surface area (TPSA) is 38.9 Å². The van der Waals surface area contributed by atoms with Gasteiger partial charge in [-0.2, -0.15) is 0 Å². The molecule has 0 aliphatic carbocycles. The van der Waals surface area contributed by atoms with E-state index in [9.17, 15) is 0 Å². The lowest BCUT2D eigenvalue weighted by molar-refractivity contribution is 0.963. The lowest BCUT2D eigenvalue weighted by Gasteiger charge is -2.00. The van der Waals surface area contributed by atoms with Gasteiger partial charge in [-0.15, -0.1) is 12.4 Å². The van der Waals surface area contributed by atoms with Crippen molar-refractivity contribution in [3.05, 3.63) is 42.1 Å². The number of hydrogen-bond acceptors (Lipinski definition) is 2. The van der Waals surface area contributed by atoms with E-state index in [4.69, 9.17) is 5.73 Å². The minimum absolute atomic E-state index is 0. The summed E-state index contributed by atoms with van der Waals surface area (Å²) in [6.07, 6.45) is 2.80. The molecule has 3 heteroatoms. The molecule has 74 valence electrons. The first kappa shape index (κ1) is 11.0. The molecule has 0 radical (unpaired) electrons. The summed E-state index contributed by atoms with van der Waals surface area (Å²) in [6.45, 7) is 0.681. The van der Waals surface area contributed by atoms with Crippen molar-refractivity contribution in [1.82, 2.24) is 4.98 Å². The van der Waals surface area contributed by atoms with Gasteiger partial charge >= 0.3 is 0 Å². The van der Waals surface area contributed by atoms with Gasteiger partial charge in [0, 0.05) is 11.6 Å². The summed E-state index contributed by atoms with van der Waals surface area (Å²) < 4.78 is 0. The maximum absolute atomic E-state index is 5.48. The molecule has 0 unspecified atom stereocenters. The second-order valence-electron chi connectivity index (χ2n) is 3.07. The highest BCUT2D eigenvalue weighted by molar-refractivity contribution is 5.85. The van der Waals surface area contributed by atoms with Gasteiger partial charge < -0.3 is 5.73 Å². The molecule has 0 saturated heterocycles. The van der Waals surface area contributed by atoms with Crippen molar-refractivity contribution in [3.8, 4) is 0 Å². The Hall–Kier alpha value is -1.12. The van der Waals surface area contributed by atoms with Crippen LogP contribution in [0.15, 0.2) is 36.5 Å². The van der Waals surface area contributed by atoms with E-state index in [2.05, 4.69) is 17.1 Å². The van der Waals surface area contributed by atoms with Crippen LogP contribution < -0.4 is 5.73 Å². The van der Waals surface area contributed by atoms with Crippen LogP contribution in [0.3, 0.4) is 0 Å². The van der Waals surface area contributed by atoms with E-state index in [1.807, 2.05) is 24.4 Å². The molecule has 0 spiro atoms. The van der Waals surface area contributed by atoms with Crippen LogP contribution >= 0.6 is 12.4 Å². The van der Waals surface area contributed by atoms with Crippen molar-refractivity contribution in [3.63, 3.8) is 0 Å². The molecule has 0 aliphatic rings. The summed E-state index contributed by atoms with van der Waals surface area (Å²) >= 11 is 0. The number of nitrogens with zero attached hydrogens (tertiary/aromatic N) is 1. The summed E-state index contributed by atoms with van der Waals surface area (Å²) in [5.74, 6) is 0. The molecule has 0 bridgehead atoms. The summed E-state index contributed by atoms with van der Waals surface area (Å²) in [5, 5.41) is 1.19. The van der Waals surface area contributed by atoms with Gasteiger partial charge in [0.2, 0.25) is 0 Å². The first-order chi connectivity index (χ1) is 6.40. The summed E-state index contributed by atoms with van der Waals surface area (Å²) in [7, 11) is 0. The van der Waals surface area contributed by atoms with Gasteiger partial charge in [-0.1, -0.05) is 18.2 Å². The molecule has 2 rings (SSSR count). The number of halogens is 1. The Balaban J connectivity index is 0.000000980. The molecule has 2 N–H and O–H groups in total. The van der Waals surface area contributed by atoms with Gasteiger partial charge in [-0.3, -0.25) is 4.98 Å². The number of fused-ring (bicyclic) bond motifs is 1. The van der Waals surface area contributed by atoms with Gasteiger partial charge in [-0.25, -0.2) is 0 Å². The quantitative estimate of drug-likeness (QED) is 0.822. The molecular formula is C11H13ClN2. The van der Waals surface area contributed by atoms with Gasteiger partial charge in [0.25, 0.3) is 0 Å². The van der Waals surface area contributed by atoms with E-state index in [0.717, 1.165) is 11.9 Å². The number of pyridine rings is 1. The average Bonchev–Trinajstić information content (AvgIpc) is 2.18. The summed E-state index contributed by atoms with van der Waals surface area (Å²) in [4.78, 5) is 4.34. The van der Waals surface area contributed by atoms with Crippen molar-refractivity contribution in [2.75, 3.05) is 6.54 Å². The zero-order chi connectivity index (χ0) is 9.10. The lowest BCUT2D eigenvalue weighted by atomic mass is 10.1. The Labute approximate surface area is 89.6 Å². The third-order valence-electron chi connectivity index (χ3n) is 2.08. The molecule has 1 aromatic heterocycles. The molecule has 0 saturated carbocycles. The predicted octanol–water partition coefficient (Wildman–Crippen LogP) is 2.16. The van der Waals surface area contributed by atoms with E-state index in [-0.39, 0.29) is 12.4 Å². The van der Waals surface area contributed by atoms with Crippen LogP contribution in [0.25, 0.3) is 10.9 Å². The zero-order valence-electron chi connectivity index (χ0n) is 7.81. The fourth-order valence-electron chi connectivity index (χ4n) is 1.42. The normalized spacial score (nSPS) is 9.79. The Morgan fingerprint density at radius 1 is 1.21 bits per heavy atom. The van der Waals surface area contributed by atoms with Crippen LogP contribution in [0.1, 0.15) is 5.56 Å². The first-order valence-electron chi connectivity index (χ1n) is 4.44. The van der Waals surface area contributed by atoms with Gasteiger partial charge in [0.15, 0.2) is 0 Å². The van der Waals surface area contributed by atoms with E-state index in [0.29, 0.717) is 6.54 Å². The minimum atomic E-state index is 0. The molecule has 0 aliphatic heterocycles. The van der Waals surface area contributed by atoms with Crippen molar-refractivity contribution in [2.24, 2.45) is 5.73 Å². The van der Waals surface area contributed by atoms with Crippen LogP contribution in [0.4, 0.5) is 0 Å². The number of benzene rings is 1. The number of nitrogens with two attached hydrogens (primary N) is 1. The Bertz CT molecular complexity index is 415. The smallest absolute Gasteiger partial charge is 0.0702 e. The molecule has 0 amide bonds. The summed E-state index contributed by atoms with van der Waals surface area (Å²) in [6, 6.07) is 10.3. The van der Waals surface area contributed by atoms with Gasteiger partial charge in [0.1, 0.15) is 0 Å². The number of para-hydroxylation sites is 1. The third kappa shape index (κ3) is 2.22. The predicted molar refractivity (Wildman–Crippen MR) is 61.7 cm³/mol. The molecule has 14 heavy (non-hydrogen) atoms. The monoisotopic (exact) mass is 208 g/mol. The molecule has 2 aromatic rings. The maximum Gasteiger partial charge on any atom is 0.0702 e. The first-order valence-corrected chi connectivity index (χ1v) is 4.44. The second-order valence-corrected chi connectivity index (χ2v) is 3.07. The highest BCUT2D eigenvalue weighted by Crippen LogP contribution is 2.12. The van der Waals surface area contributed by atoms with Crippen molar-refractivity contribution in [2.45, 2.75) is 6.42 Å². The molecule has 1 heterocycles. The summed E-state index contributed by atoms with van der Waals surface area (Å²) in [5.41, 5.74) is 7.73. The van der Waals surface area contributed by atoms with Crippen molar-refractivity contribution >= 4 is 23.3 Å². The van der Waals surface area contributed by atoms with Crippen molar-refractivity contribution in [1.29, 1.82) is 0 Å². The third-order valence-corrected chi connectivity index (χ3v) is 2.08. The maximum atomic E-state index is 5.48. The van der Waals surface area contributed by atoms with E-state index in [1.54, 1.807) is 0 Å². The molecule has 0 fully saturated rings. The Kier molecular flexibility index (Phi) is 3.86. The van der Waals surface area contributed by atoms with E-state index < -0.39 is 0 Å². The minimum Gasteiger partial charge on any atom is -0.330 e. The second kappa shape index (κ2) is 4.94. The zero-order valence-corrected chi connectivity index (χ0v) is 8.63. The molecule has 2 nitrogen and oxygen atoms in total.